The van der Waals surface area contributed by atoms with Crippen LogP contribution in [-0.4, -0.2) is 60.7 Å². The van der Waals surface area contributed by atoms with E-state index in [1.807, 2.05) is 0 Å². The van der Waals surface area contributed by atoms with E-state index in [0.29, 0.717) is 0 Å². The van der Waals surface area contributed by atoms with Gasteiger partial charge in [-0.15, -0.1) is 11.3 Å². The SMILES string of the molecule is Cc1nc(CN2CCN(C[C@H]3CCOC3)CC2)cs1. The topological polar surface area (TPSA) is 28.6 Å². The molecule has 0 amide bonds. The van der Waals surface area contributed by atoms with Crippen LogP contribution in [0.2, 0.25) is 0 Å². The van der Waals surface area contributed by atoms with E-state index in [1.165, 1.54) is 49.8 Å². The molecular formula is C14H23N3OS. The number of rotatable bonds is 4. The maximum Gasteiger partial charge on any atom is 0.0897 e. The molecule has 1 aromatic heterocycles. The molecule has 1 atom stereocenters. The van der Waals surface area contributed by atoms with Gasteiger partial charge in [0.1, 0.15) is 0 Å². The van der Waals surface area contributed by atoms with Crippen LogP contribution in [0.4, 0.5) is 0 Å². The van der Waals surface area contributed by atoms with Crippen LogP contribution in [0.5, 0.6) is 0 Å². The molecule has 2 fully saturated rings. The predicted octanol–water partition coefficient (Wildman–Crippen LogP) is 1.61. The average molecular weight is 281 g/mol. The van der Waals surface area contributed by atoms with Crippen molar-refractivity contribution in [1.29, 1.82) is 0 Å². The number of aryl methyl sites for hydroxylation is 1. The molecule has 0 aromatic carbocycles. The van der Waals surface area contributed by atoms with E-state index in [0.717, 1.165) is 25.7 Å². The molecule has 0 aliphatic carbocycles. The Labute approximate surface area is 119 Å². The van der Waals surface area contributed by atoms with Crippen molar-refractivity contribution in [1.82, 2.24) is 14.8 Å². The average Bonchev–Trinajstić information content (AvgIpc) is 3.04. The second-order valence-electron chi connectivity index (χ2n) is 5.66. The summed E-state index contributed by atoms with van der Waals surface area (Å²) in [5.74, 6) is 0.771. The molecular weight excluding hydrogens is 258 g/mol. The summed E-state index contributed by atoms with van der Waals surface area (Å²) < 4.78 is 5.46. The molecule has 0 bridgehead atoms. The van der Waals surface area contributed by atoms with Crippen LogP contribution >= 0.6 is 11.3 Å². The molecule has 3 rings (SSSR count). The van der Waals surface area contributed by atoms with E-state index in [1.54, 1.807) is 11.3 Å². The third kappa shape index (κ3) is 3.75. The summed E-state index contributed by atoms with van der Waals surface area (Å²) in [6, 6.07) is 0. The van der Waals surface area contributed by atoms with Gasteiger partial charge in [0.2, 0.25) is 0 Å². The predicted molar refractivity (Wildman–Crippen MR) is 77.5 cm³/mol. The van der Waals surface area contributed by atoms with E-state index >= 15 is 0 Å². The molecule has 2 aliphatic rings. The lowest BCUT2D eigenvalue weighted by Crippen LogP contribution is -2.47. The van der Waals surface area contributed by atoms with E-state index < -0.39 is 0 Å². The van der Waals surface area contributed by atoms with Gasteiger partial charge in [-0.05, 0) is 19.3 Å². The largest absolute Gasteiger partial charge is 0.381 e. The Morgan fingerprint density at radius 1 is 1.32 bits per heavy atom. The minimum absolute atomic E-state index is 0.771. The van der Waals surface area contributed by atoms with Crippen molar-refractivity contribution in [2.45, 2.75) is 19.9 Å². The first-order chi connectivity index (χ1) is 9.29. The van der Waals surface area contributed by atoms with E-state index in [-0.39, 0.29) is 0 Å². The number of aromatic nitrogens is 1. The fraction of sp³-hybridized carbons (Fsp3) is 0.786. The summed E-state index contributed by atoms with van der Waals surface area (Å²) in [4.78, 5) is 9.68. The molecule has 19 heavy (non-hydrogen) atoms. The van der Waals surface area contributed by atoms with Crippen molar-refractivity contribution in [3.05, 3.63) is 16.1 Å². The highest BCUT2D eigenvalue weighted by Crippen LogP contribution is 2.16. The molecule has 0 spiro atoms. The maximum atomic E-state index is 5.46. The summed E-state index contributed by atoms with van der Waals surface area (Å²) in [6.45, 7) is 11.0. The molecule has 2 saturated heterocycles. The van der Waals surface area contributed by atoms with Gasteiger partial charge in [-0.25, -0.2) is 4.98 Å². The standard InChI is InChI=1S/C14H23N3OS/c1-12-15-14(11-19-12)9-17-5-3-16(4-6-17)8-13-2-7-18-10-13/h11,13H,2-10H2,1H3/t13-/m1/s1. The number of piperazine rings is 1. The Morgan fingerprint density at radius 3 is 2.74 bits per heavy atom. The van der Waals surface area contributed by atoms with Crippen molar-refractivity contribution in [3.8, 4) is 0 Å². The quantitative estimate of drug-likeness (QED) is 0.838. The lowest BCUT2D eigenvalue weighted by atomic mass is 10.1. The van der Waals surface area contributed by atoms with Gasteiger partial charge in [-0.2, -0.15) is 0 Å². The molecule has 0 N–H and O–H groups in total. The summed E-state index contributed by atoms with van der Waals surface area (Å²) in [5, 5.41) is 3.37. The van der Waals surface area contributed by atoms with Gasteiger partial charge in [0, 0.05) is 51.3 Å². The highest BCUT2D eigenvalue weighted by atomic mass is 32.1. The van der Waals surface area contributed by atoms with Crippen LogP contribution in [0.3, 0.4) is 0 Å². The first-order valence-electron chi connectivity index (χ1n) is 7.23. The van der Waals surface area contributed by atoms with Gasteiger partial charge in [-0.1, -0.05) is 0 Å². The molecule has 0 unspecified atom stereocenters. The van der Waals surface area contributed by atoms with Crippen molar-refractivity contribution in [2.75, 3.05) is 45.9 Å². The molecule has 4 nitrogen and oxygen atoms in total. The number of ether oxygens (including phenoxy) is 1. The summed E-state index contributed by atoms with van der Waals surface area (Å²) >= 11 is 1.75. The highest BCUT2D eigenvalue weighted by molar-refractivity contribution is 7.09. The van der Waals surface area contributed by atoms with Crippen LogP contribution in [0.25, 0.3) is 0 Å². The Balaban J connectivity index is 1.41. The van der Waals surface area contributed by atoms with Gasteiger partial charge in [0.15, 0.2) is 0 Å². The highest BCUT2D eigenvalue weighted by Gasteiger charge is 2.22. The van der Waals surface area contributed by atoms with Gasteiger partial charge in [-0.3, -0.25) is 4.90 Å². The monoisotopic (exact) mass is 281 g/mol. The maximum absolute atomic E-state index is 5.46. The van der Waals surface area contributed by atoms with Crippen molar-refractivity contribution < 1.29 is 4.74 Å². The number of hydrogen-bond donors (Lipinski definition) is 0. The summed E-state index contributed by atoms with van der Waals surface area (Å²) in [6.07, 6.45) is 1.25. The van der Waals surface area contributed by atoms with Gasteiger partial charge in [0.25, 0.3) is 0 Å². The molecule has 2 aliphatic heterocycles. The lowest BCUT2D eigenvalue weighted by molar-refractivity contribution is 0.106. The van der Waals surface area contributed by atoms with Gasteiger partial charge in [0.05, 0.1) is 17.3 Å². The van der Waals surface area contributed by atoms with Crippen LogP contribution in [0.15, 0.2) is 5.38 Å². The Morgan fingerprint density at radius 2 is 2.11 bits per heavy atom. The number of hydrogen-bond acceptors (Lipinski definition) is 5. The van der Waals surface area contributed by atoms with Gasteiger partial charge >= 0.3 is 0 Å². The second-order valence-corrected chi connectivity index (χ2v) is 6.73. The minimum Gasteiger partial charge on any atom is -0.381 e. The van der Waals surface area contributed by atoms with Crippen LogP contribution in [0, 0.1) is 12.8 Å². The minimum atomic E-state index is 0.771. The first kappa shape index (κ1) is 13.5. The molecule has 0 radical (unpaired) electrons. The van der Waals surface area contributed by atoms with E-state index in [4.69, 9.17) is 4.74 Å². The van der Waals surface area contributed by atoms with Crippen molar-refractivity contribution in [3.63, 3.8) is 0 Å². The van der Waals surface area contributed by atoms with E-state index in [9.17, 15) is 0 Å². The third-order valence-electron chi connectivity index (χ3n) is 4.06. The van der Waals surface area contributed by atoms with Crippen LogP contribution < -0.4 is 0 Å². The lowest BCUT2D eigenvalue weighted by Gasteiger charge is -2.35. The van der Waals surface area contributed by atoms with Gasteiger partial charge < -0.3 is 9.64 Å². The second kappa shape index (κ2) is 6.31. The number of thiazole rings is 1. The normalized spacial score (nSPS) is 26.1. The Bertz CT molecular complexity index is 395. The molecule has 0 saturated carbocycles. The molecule has 5 heteroatoms. The molecule has 106 valence electrons. The van der Waals surface area contributed by atoms with E-state index in [2.05, 4.69) is 27.1 Å². The fourth-order valence-electron chi connectivity index (χ4n) is 2.93. The summed E-state index contributed by atoms with van der Waals surface area (Å²) in [7, 11) is 0. The Hall–Kier alpha value is -0.490. The molecule has 1 aromatic rings. The first-order valence-corrected chi connectivity index (χ1v) is 8.11. The van der Waals surface area contributed by atoms with Crippen LogP contribution in [-0.2, 0) is 11.3 Å². The molecule has 3 heterocycles. The summed E-state index contributed by atoms with van der Waals surface area (Å²) in [5.41, 5.74) is 1.24. The zero-order valence-corrected chi connectivity index (χ0v) is 12.5. The number of nitrogens with zero attached hydrogens (tertiary/aromatic N) is 3. The smallest absolute Gasteiger partial charge is 0.0897 e. The van der Waals surface area contributed by atoms with Crippen molar-refractivity contribution >= 4 is 11.3 Å². The van der Waals surface area contributed by atoms with Crippen LogP contribution in [0.1, 0.15) is 17.1 Å². The Kier molecular flexibility index (Phi) is 4.48. The zero-order valence-electron chi connectivity index (χ0n) is 11.7. The van der Waals surface area contributed by atoms with Crippen molar-refractivity contribution in [2.24, 2.45) is 5.92 Å². The zero-order chi connectivity index (χ0) is 13.1. The fourth-order valence-corrected chi connectivity index (χ4v) is 3.54. The third-order valence-corrected chi connectivity index (χ3v) is 4.88.